The van der Waals surface area contributed by atoms with E-state index in [9.17, 15) is 23.1 Å². The van der Waals surface area contributed by atoms with Crippen LogP contribution in [0.2, 0.25) is 0 Å². The van der Waals surface area contributed by atoms with Gasteiger partial charge in [0.2, 0.25) is 0 Å². The quantitative estimate of drug-likeness (QED) is 0.641. The molecule has 4 nitrogen and oxygen atoms in total. The molecule has 7 heteroatoms. The van der Waals surface area contributed by atoms with Gasteiger partial charge in [0.25, 0.3) is 5.91 Å². The smallest absolute Gasteiger partial charge is 0.254 e. The molecule has 1 aromatic heterocycles. The van der Waals surface area contributed by atoms with Gasteiger partial charge in [-0.2, -0.15) is 0 Å². The zero-order chi connectivity index (χ0) is 17.3. The molecule has 2 aromatic carbocycles. The number of nitrogens with one attached hydrogen (secondary N) is 2. The van der Waals surface area contributed by atoms with Crippen LogP contribution in [0.1, 0.15) is 15.9 Å². The summed E-state index contributed by atoms with van der Waals surface area (Å²) in [7, 11) is 0. The van der Waals surface area contributed by atoms with Gasteiger partial charge in [0.15, 0.2) is 17.5 Å². The molecule has 0 aliphatic carbocycles. The van der Waals surface area contributed by atoms with Crippen molar-refractivity contribution in [2.45, 2.75) is 6.42 Å². The van der Waals surface area contributed by atoms with Crippen LogP contribution in [-0.2, 0) is 6.42 Å². The third kappa shape index (κ3) is 2.92. The monoisotopic (exact) mass is 334 g/mol. The fourth-order valence-electron chi connectivity index (χ4n) is 2.49. The minimum absolute atomic E-state index is 0.137. The maximum absolute atomic E-state index is 13.6. The van der Waals surface area contributed by atoms with E-state index in [-0.39, 0.29) is 12.3 Å². The van der Waals surface area contributed by atoms with Gasteiger partial charge in [-0.1, -0.05) is 0 Å². The lowest BCUT2D eigenvalue weighted by Crippen LogP contribution is -2.27. The maximum atomic E-state index is 13.6. The van der Waals surface area contributed by atoms with Crippen LogP contribution in [0.3, 0.4) is 0 Å². The van der Waals surface area contributed by atoms with E-state index in [4.69, 9.17) is 0 Å². The molecule has 3 N–H and O–H groups in total. The largest absolute Gasteiger partial charge is 0.508 e. The lowest BCUT2D eigenvalue weighted by atomic mass is 10.1. The number of aromatic nitrogens is 1. The SMILES string of the molecule is O=C(NCCc1c[nH]c2cc(O)ccc12)c1ccc(F)c(F)c1F. The van der Waals surface area contributed by atoms with Gasteiger partial charge in [-0.15, -0.1) is 0 Å². The minimum Gasteiger partial charge on any atom is -0.508 e. The molecule has 0 spiro atoms. The molecule has 0 atom stereocenters. The van der Waals surface area contributed by atoms with E-state index in [0.717, 1.165) is 22.5 Å². The Balaban J connectivity index is 1.68. The van der Waals surface area contributed by atoms with Gasteiger partial charge < -0.3 is 15.4 Å². The van der Waals surface area contributed by atoms with Crippen LogP contribution in [0.25, 0.3) is 10.9 Å². The Morgan fingerprint density at radius 1 is 1.12 bits per heavy atom. The van der Waals surface area contributed by atoms with Gasteiger partial charge in [-0.3, -0.25) is 4.79 Å². The number of aromatic hydroxyl groups is 1. The van der Waals surface area contributed by atoms with Crippen molar-refractivity contribution in [2.24, 2.45) is 0 Å². The van der Waals surface area contributed by atoms with Gasteiger partial charge in [-0.05, 0) is 36.2 Å². The number of phenols is 1. The molecule has 3 aromatic rings. The van der Waals surface area contributed by atoms with E-state index >= 15 is 0 Å². The highest BCUT2D eigenvalue weighted by Crippen LogP contribution is 2.22. The Hall–Kier alpha value is -2.96. The number of carbonyl (C=O) groups excluding carboxylic acids is 1. The van der Waals surface area contributed by atoms with E-state index in [1.807, 2.05) is 0 Å². The third-order valence-electron chi connectivity index (χ3n) is 3.71. The van der Waals surface area contributed by atoms with Gasteiger partial charge in [0.1, 0.15) is 5.75 Å². The van der Waals surface area contributed by atoms with E-state index < -0.39 is 28.9 Å². The van der Waals surface area contributed by atoms with E-state index in [0.29, 0.717) is 12.5 Å². The molecule has 0 fully saturated rings. The average molecular weight is 334 g/mol. The van der Waals surface area contributed by atoms with Crippen LogP contribution in [-0.4, -0.2) is 22.5 Å². The lowest BCUT2D eigenvalue weighted by Gasteiger charge is -2.07. The Morgan fingerprint density at radius 3 is 2.71 bits per heavy atom. The first-order valence-electron chi connectivity index (χ1n) is 7.18. The Kier molecular flexibility index (Phi) is 4.16. The number of phenolic OH excluding ortho intramolecular Hbond substituents is 1. The molecular formula is C17H13F3N2O2. The number of carbonyl (C=O) groups is 1. The molecule has 0 radical (unpaired) electrons. The van der Waals surface area contributed by atoms with Crippen molar-refractivity contribution in [3.63, 3.8) is 0 Å². The topological polar surface area (TPSA) is 65.1 Å². The highest BCUT2D eigenvalue weighted by molar-refractivity contribution is 5.94. The third-order valence-corrected chi connectivity index (χ3v) is 3.71. The van der Waals surface area contributed by atoms with Crippen LogP contribution in [0.15, 0.2) is 36.5 Å². The molecule has 0 saturated heterocycles. The summed E-state index contributed by atoms with van der Waals surface area (Å²) in [5.74, 6) is -5.19. The molecule has 0 saturated carbocycles. The Morgan fingerprint density at radius 2 is 1.92 bits per heavy atom. The van der Waals surface area contributed by atoms with E-state index in [1.54, 1.807) is 24.4 Å². The van der Waals surface area contributed by atoms with E-state index in [2.05, 4.69) is 10.3 Å². The number of hydrogen-bond donors (Lipinski definition) is 3. The first-order chi connectivity index (χ1) is 11.5. The Bertz CT molecular complexity index is 922. The number of benzene rings is 2. The Labute approximate surface area is 134 Å². The van der Waals surface area contributed by atoms with Crippen molar-refractivity contribution in [1.29, 1.82) is 0 Å². The zero-order valence-electron chi connectivity index (χ0n) is 12.4. The predicted molar refractivity (Wildman–Crippen MR) is 82.3 cm³/mol. The maximum Gasteiger partial charge on any atom is 0.254 e. The second kappa shape index (κ2) is 6.27. The van der Waals surface area contributed by atoms with Gasteiger partial charge in [-0.25, -0.2) is 13.2 Å². The normalized spacial score (nSPS) is 11.0. The summed E-state index contributed by atoms with van der Waals surface area (Å²) in [6, 6.07) is 6.48. The van der Waals surface area contributed by atoms with E-state index in [1.165, 1.54) is 0 Å². The summed E-state index contributed by atoms with van der Waals surface area (Å²) < 4.78 is 39.6. The highest BCUT2D eigenvalue weighted by atomic mass is 19.2. The number of aromatic amines is 1. The molecule has 24 heavy (non-hydrogen) atoms. The van der Waals surface area contributed by atoms with Crippen LogP contribution >= 0.6 is 0 Å². The number of H-pyrrole nitrogens is 1. The molecule has 0 aliphatic heterocycles. The van der Waals surface area contributed by atoms with Crippen LogP contribution in [0, 0.1) is 17.5 Å². The van der Waals surface area contributed by atoms with Crippen molar-refractivity contribution < 1.29 is 23.1 Å². The first kappa shape index (κ1) is 15.9. The van der Waals surface area contributed by atoms with Crippen LogP contribution in [0.4, 0.5) is 13.2 Å². The summed E-state index contributed by atoms with van der Waals surface area (Å²) in [5.41, 5.74) is 1.11. The fourth-order valence-corrected chi connectivity index (χ4v) is 2.49. The fraction of sp³-hybridized carbons (Fsp3) is 0.118. The molecule has 0 bridgehead atoms. The number of halogens is 3. The van der Waals surface area contributed by atoms with Crippen molar-refractivity contribution in [2.75, 3.05) is 6.54 Å². The zero-order valence-corrected chi connectivity index (χ0v) is 12.4. The molecule has 3 rings (SSSR count). The van der Waals surface area contributed by atoms with Gasteiger partial charge >= 0.3 is 0 Å². The molecule has 1 amide bonds. The molecular weight excluding hydrogens is 321 g/mol. The minimum atomic E-state index is -1.67. The lowest BCUT2D eigenvalue weighted by molar-refractivity contribution is 0.0949. The summed E-state index contributed by atoms with van der Waals surface area (Å²) >= 11 is 0. The van der Waals surface area contributed by atoms with Crippen LogP contribution in [0.5, 0.6) is 5.75 Å². The van der Waals surface area contributed by atoms with Crippen molar-refractivity contribution in [3.8, 4) is 5.75 Å². The van der Waals surface area contributed by atoms with Gasteiger partial charge in [0.05, 0.1) is 5.56 Å². The molecule has 124 valence electrons. The molecule has 0 aliphatic rings. The standard InChI is InChI=1S/C17H13F3N2O2/c18-13-4-3-12(15(19)16(13)20)17(24)21-6-5-9-8-22-14-7-10(23)1-2-11(9)14/h1-4,7-8,22-23H,5-6H2,(H,21,24). The summed E-state index contributed by atoms with van der Waals surface area (Å²) in [4.78, 5) is 14.9. The number of rotatable bonds is 4. The van der Waals surface area contributed by atoms with Crippen molar-refractivity contribution in [1.82, 2.24) is 10.3 Å². The summed E-state index contributed by atoms with van der Waals surface area (Å²) in [6.45, 7) is 0.186. The summed E-state index contributed by atoms with van der Waals surface area (Å²) in [6.07, 6.45) is 2.19. The second-order valence-corrected chi connectivity index (χ2v) is 5.27. The van der Waals surface area contributed by atoms with Crippen molar-refractivity contribution in [3.05, 3.63) is 65.1 Å². The number of fused-ring (bicyclic) bond motifs is 1. The number of amides is 1. The second-order valence-electron chi connectivity index (χ2n) is 5.27. The highest BCUT2D eigenvalue weighted by Gasteiger charge is 2.18. The predicted octanol–water partition coefficient (Wildman–Crippen LogP) is 3.26. The summed E-state index contributed by atoms with van der Waals surface area (Å²) in [5, 5.41) is 12.8. The van der Waals surface area contributed by atoms with Crippen molar-refractivity contribution >= 4 is 16.8 Å². The number of hydrogen-bond acceptors (Lipinski definition) is 2. The average Bonchev–Trinajstić information content (AvgIpc) is 2.95. The van der Waals surface area contributed by atoms with Crippen LogP contribution < -0.4 is 5.32 Å². The first-order valence-corrected chi connectivity index (χ1v) is 7.18. The molecule has 1 heterocycles. The van der Waals surface area contributed by atoms with Gasteiger partial charge in [0, 0.05) is 29.7 Å². The molecule has 0 unspecified atom stereocenters.